The first kappa shape index (κ1) is 14.8. The van der Waals surface area contributed by atoms with Gasteiger partial charge in [-0.05, 0) is 31.5 Å². The average molecular weight is 278 g/mol. The third kappa shape index (κ3) is 3.39. The van der Waals surface area contributed by atoms with E-state index in [1.54, 1.807) is 38.1 Å². The maximum atomic E-state index is 12.5. The summed E-state index contributed by atoms with van der Waals surface area (Å²) in [5, 5.41) is 0. The molecule has 1 aromatic rings. The van der Waals surface area contributed by atoms with Crippen molar-refractivity contribution in [1.29, 1.82) is 0 Å². The molecule has 0 bridgehead atoms. The second-order valence-electron chi connectivity index (χ2n) is 4.19. The van der Waals surface area contributed by atoms with Crippen molar-refractivity contribution in [3.05, 3.63) is 29.8 Å². The van der Waals surface area contributed by atoms with Crippen LogP contribution in [0.5, 0.6) is 0 Å². The van der Waals surface area contributed by atoms with Gasteiger partial charge in [-0.3, -0.25) is 0 Å². The first-order chi connectivity index (χ1) is 8.25. The van der Waals surface area contributed by atoms with Gasteiger partial charge in [0.25, 0.3) is 10.0 Å². The van der Waals surface area contributed by atoms with Crippen LogP contribution in [-0.2, 0) is 16.6 Å². The minimum Gasteiger partial charge on any atom is -0.399 e. The summed E-state index contributed by atoms with van der Waals surface area (Å²) in [5.41, 5.74) is 6.65. The molecule has 1 aromatic carbocycles. The maximum absolute atomic E-state index is 12.5. The Morgan fingerprint density at radius 1 is 1.22 bits per heavy atom. The average Bonchev–Trinajstić information content (AvgIpc) is 2.27. The molecule has 0 aromatic heterocycles. The summed E-state index contributed by atoms with van der Waals surface area (Å²) in [5.74, 6) is -3.41. The van der Waals surface area contributed by atoms with E-state index in [2.05, 4.69) is 0 Å². The van der Waals surface area contributed by atoms with Crippen LogP contribution in [0.2, 0.25) is 0 Å². The fraction of sp³-hybridized carbons (Fsp3) is 0.455. The Kier molecular flexibility index (Phi) is 4.64. The lowest BCUT2D eigenvalue weighted by Crippen LogP contribution is -2.39. The van der Waals surface area contributed by atoms with Gasteiger partial charge in [-0.15, -0.1) is 0 Å². The zero-order valence-electron chi connectivity index (χ0n) is 10.2. The van der Waals surface area contributed by atoms with Gasteiger partial charge in [-0.25, -0.2) is 8.42 Å². The molecule has 102 valence electrons. The number of hydrogen-bond acceptors (Lipinski definition) is 3. The van der Waals surface area contributed by atoms with Gasteiger partial charge in [0.2, 0.25) is 0 Å². The number of rotatable bonds is 5. The molecular weight excluding hydrogens is 262 g/mol. The molecule has 1 rings (SSSR count). The van der Waals surface area contributed by atoms with Gasteiger partial charge in [0.15, 0.2) is 0 Å². The van der Waals surface area contributed by atoms with Crippen molar-refractivity contribution in [3.8, 4) is 0 Å². The van der Waals surface area contributed by atoms with Crippen LogP contribution in [0.25, 0.3) is 0 Å². The van der Waals surface area contributed by atoms with Crippen molar-refractivity contribution in [3.63, 3.8) is 0 Å². The molecule has 0 heterocycles. The van der Waals surface area contributed by atoms with Crippen molar-refractivity contribution >= 4 is 15.7 Å². The van der Waals surface area contributed by atoms with Crippen LogP contribution < -0.4 is 5.73 Å². The van der Waals surface area contributed by atoms with E-state index in [4.69, 9.17) is 5.73 Å². The molecule has 0 atom stereocenters. The molecule has 0 aliphatic carbocycles. The lowest BCUT2D eigenvalue weighted by molar-refractivity contribution is 0.211. The topological polar surface area (TPSA) is 63.4 Å². The van der Waals surface area contributed by atoms with E-state index in [0.717, 1.165) is 4.31 Å². The Morgan fingerprint density at radius 2 is 1.72 bits per heavy atom. The van der Waals surface area contributed by atoms with Gasteiger partial charge in [-0.1, -0.05) is 12.1 Å². The molecule has 0 amide bonds. The van der Waals surface area contributed by atoms with Gasteiger partial charge in [0, 0.05) is 18.3 Å². The summed E-state index contributed by atoms with van der Waals surface area (Å²) in [6.07, 6.45) is 0. The predicted molar refractivity (Wildman–Crippen MR) is 66.5 cm³/mol. The lowest BCUT2D eigenvalue weighted by atomic mass is 10.2. The normalized spacial score (nSPS) is 12.6. The molecule has 7 heteroatoms. The highest BCUT2D eigenvalue weighted by Gasteiger charge is 2.33. The zero-order valence-corrected chi connectivity index (χ0v) is 11.0. The van der Waals surface area contributed by atoms with E-state index in [0.29, 0.717) is 11.3 Å². The van der Waals surface area contributed by atoms with E-state index < -0.39 is 21.8 Å². The Bertz CT molecular complexity index is 486. The van der Waals surface area contributed by atoms with Gasteiger partial charge >= 0.3 is 5.76 Å². The molecule has 0 radical (unpaired) electrons. The van der Waals surface area contributed by atoms with Crippen LogP contribution in [0, 0.1) is 0 Å². The van der Waals surface area contributed by atoms with Crippen LogP contribution in [0.1, 0.15) is 19.4 Å². The fourth-order valence-corrected chi connectivity index (χ4v) is 2.59. The van der Waals surface area contributed by atoms with Crippen molar-refractivity contribution in [2.75, 3.05) is 5.73 Å². The van der Waals surface area contributed by atoms with Crippen molar-refractivity contribution in [2.45, 2.75) is 32.2 Å². The zero-order chi connectivity index (χ0) is 13.9. The molecule has 2 N–H and O–H groups in total. The minimum absolute atomic E-state index is 0.0926. The Balaban J connectivity index is 2.98. The van der Waals surface area contributed by atoms with Crippen LogP contribution in [0.3, 0.4) is 0 Å². The van der Waals surface area contributed by atoms with E-state index in [9.17, 15) is 17.2 Å². The van der Waals surface area contributed by atoms with Crippen LogP contribution >= 0.6 is 0 Å². The van der Waals surface area contributed by atoms with E-state index in [1.807, 2.05) is 0 Å². The minimum atomic E-state index is -4.58. The third-order valence-corrected chi connectivity index (χ3v) is 4.10. The smallest absolute Gasteiger partial charge is 0.350 e. The quantitative estimate of drug-likeness (QED) is 0.838. The SMILES string of the molecule is CC(C)N(Cc1ccc(N)cc1)S(=O)(=O)C(F)F. The largest absolute Gasteiger partial charge is 0.399 e. The molecular formula is C11H16F2N2O2S. The molecule has 0 unspecified atom stereocenters. The molecule has 0 saturated carbocycles. The Morgan fingerprint density at radius 3 is 2.11 bits per heavy atom. The monoisotopic (exact) mass is 278 g/mol. The summed E-state index contributed by atoms with van der Waals surface area (Å²) in [7, 11) is -4.58. The Labute approximate surface area is 105 Å². The molecule has 0 aliphatic heterocycles. The maximum Gasteiger partial charge on any atom is 0.350 e. The molecule has 0 aliphatic rings. The number of nitrogen functional groups attached to an aromatic ring is 1. The highest BCUT2D eigenvalue weighted by Crippen LogP contribution is 2.19. The van der Waals surface area contributed by atoms with Crippen molar-refractivity contribution in [1.82, 2.24) is 4.31 Å². The van der Waals surface area contributed by atoms with Crippen molar-refractivity contribution in [2.24, 2.45) is 0 Å². The van der Waals surface area contributed by atoms with E-state index >= 15 is 0 Å². The number of hydrogen-bond donors (Lipinski definition) is 1. The number of nitrogens with two attached hydrogens (primary N) is 1. The highest BCUT2D eigenvalue weighted by atomic mass is 32.2. The first-order valence-electron chi connectivity index (χ1n) is 5.38. The van der Waals surface area contributed by atoms with Crippen molar-refractivity contribution < 1.29 is 17.2 Å². The summed E-state index contributed by atoms with van der Waals surface area (Å²) in [4.78, 5) is 0. The van der Waals surface area contributed by atoms with Gasteiger partial charge in [0.05, 0.1) is 0 Å². The molecule has 18 heavy (non-hydrogen) atoms. The second-order valence-corrected chi connectivity index (χ2v) is 6.04. The summed E-state index contributed by atoms with van der Waals surface area (Å²) in [6.45, 7) is 3.01. The van der Waals surface area contributed by atoms with Gasteiger partial charge in [-0.2, -0.15) is 13.1 Å². The highest BCUT2D eigenvalue weighted by molar-refractivity contribution is 7.89. The first-order valence-corrected chi connectivity index (χ1v) is 6.88. The Hall–Kier alpha value is -1.21. The standard InChI is InChI=1S/C11H16F2N2O2S/c1-8(2)15(18(16,17)11(12)13)7-9-3-5-10(14)6-4-9/h3-6,8,11H,7,14H2,1-2H3. The van der Waals surface area contributed by atoms with Crippen LogP contribution in [0.4, 0.5) is 14.5 Å². The molecule has 4 nitrogen and oxygen atoms in total. The van der Waals surface area contributed by atoms with E-state index in [-0.39, 0.29) is 6.54 Å². The van der Waals surface area contributed by atoms with Gasteiger partial charge in [0.1, 0.15) is 0 Å². The number of alkyl halides is 2. The number of sulfonamides is 1. The number of halogens is 2. The molecule has 0 fully saturated rings. The van der Waals surface area contributed by atoms with Crippen LogP contribution in [-0.4, -0.2) is 24.5 Å². The van der Waals surface area contributed by atoms with Crippen LogP contribution in [0.15, 0.2) is 24.3 Å². The number of anilines is 1. The second kappa shape index (κ2) is 5.62. The fourth-order valence-electron chi connectivity index (χ4n) is 1.47. The summed E-state index contributed by atoms with van der Waals surface area (Å²) < 4.78 is 48.9. The van der Waals surface area contributed by atoms with Gasteiger partial charge < -0.3 is 5.73 Å². The number of benzene rings is 1. The lowest BCUT2D eigenvalue weighted by Gasteiger charge is -2.25. The summed E-state index contributed by atoms with van der Waals surface area (Å²) in [6, 6.07) is 5.89. The third-order valence-electron chi connectivity index (χ3n) is 2.45. The van der Waals surface area contributed by atoms with E-state index in [1.165, 1.54) is 0 Å². The number of nitrogens with zero attached hydrogens (tertiary/aromatic N) is 1. The molecule has 0 spiro atoms. The molecule has 0 saturated heterocycles. The predicted octanol–water partition coefficient (Wildman–Crippen LogP) is 2.03. The summed E-state index contributed by atoms with van der Waals surface area (Å²) >= 11 is 0.